The van der Waals surface area contributed by atoms with Gasteiger partial charge in [0.2, 0.25) is 0 Å². The van der Waals surface area contributed by atoms with E-state index in [1.807, 2.05) is 0 Å². The van der Waals surface area contributed by atoms with Gasteiger partial charge in [0.05, 0.1) is 13.2 Å². The molecule has 2 saturated heterocycles. The number of rotatable bonds is 6. The van der Waals surface area contributed by atoms with E-state index in [1.54, 1.807) is 0 Å². The van der Waals surface area contributed by atoms with Gasteiger partial charge in [-0.25, -0.2) is 4.79 Å². The molecule has 1 unspecified atom stereocenters. The van der Waals surface area contributed by atoms with Crippen LogP contribution in [0.25, 0.3) is 0 Å². The third kappa shape index (κ3) is 6.05. The number of hydrogen-bond donors (Lipinski definition) is 8. The first-order valence-corrected chi connectivity index (χ1v) is 8.59. The maximum absolute atomic E-state index is 11.7. The molecule has 2 aliphatic heterocycles. The van der Waals surface area contributed by atoms with Gasteiger partial charge in [-0.1, -0.05) is 0 Å². The minimum absolute atomic E-state index is 0. The van der Waals surface area contributed by atoms with Gasteiger partial charge in [-0.2, -0.15) is 0 Å². The van der Waals surface area contributed by atoms with E-state index < -0.39 is 86.7 Å². The molecule has 0 radical (unpaired) electrons. The largest absolute Gasteiger partial charge is 1.00 e. The summed E-state index contributed by atoms with van der Waals surface area (Å²) in [4.78, 5) is 11.7. The van der Waals surface area contributed by atoms with Gasteiger partial charge in [0.1, 0.15) is 48.8 Å². The molecule has 11 atom stereocenters. The maximum Gasteiger partial charge on any atom is 1.00 e. The van der Waals surface area contributed by atoms with Gasteiger partial charge in [0, 0.05) is 0 Å². The topological polar surface area (TPSA) is 216 Å². The Hall–Kier alpha value is 0.0300. The molecule has 166 valence electrons. The number of hydrogen-bond acceptors (Lipinski definition) is 13. The van der Waals surface area contributed by atoms with Crippen molar-refractivity contribution in [3.05, 3.63) is 0 Å². The van der Waals surface area contributed by atoms with Gasteiger partial charge in [0.25, 0.3) is 0 Å². The number of aliphatic hydroxyl groups is 8. The van der Waals surface area contributed by atoms with E-state index in [2.05, 4.69) is 0 Å². The molecule has 8 N–H and O–H groups in total. The molecule has 0 aromatic heterocycles. The number of carbonyl (C=O) groups excluding carboxylic acids is 1. The van der Waals surface area contributed by atoms with Gasteiger partial charge in [-0.15, -0.1) is 0 Å². The number of esters is 1. The fourth-order valence-corrected chi connectivity index (χ4v) is 2.91. The second-order valence-corrected chi connectivity index (χ2v) is 6.61. The minimum atomic E-state index is -1.81. The Balaban J connectivity index is 0.00000420. The average Bonchev–Trinajstić information content (AvgIpc) is 2.66. The van der Waals surface area contributed by atoms with E-state index >= 15 is 0 Å². The van der Waals surface area contributed by atoms with Crippen LogP contribution in [0.4, 0.5) is 0 Å². The monoisotopic (exact) mass is 438 g/mol. The Bertz CT molecular complexity index is 527. The van der Waals surface area contributed by atoms with Crippen molar-refractivity contribution in [2.45, 2.75) is 74.4 Å². The molecule has 13 nitrogen and oxygen atoms in total. The van der Waals surface area contributed by atoms with E-state index in [0.717, 1.165) is 6.92 Å². The van der Waals surface area contributed by atoms with Crippen LogP contribution in [0.1, 0.15) is 8.35 Å². The Morgan fingerprint density at radius 3 is 2.00 bits per heavy atom. The zero-order chi connectivity index (χ0) is 21.2. The summed E-state index contributed by atoms with van der Waals surface area (Å²) in [6.07, 6.45) is -18.0. The summed E-state index contributed by atoms with van der Waals surface area (Å²) >= 11 is 0. The van der Waals surface area contributed by atoms with Gasteiger partial charge in [-0.05, 0) is 6.92 Å². The van der Waals surface area contributed by atoms with E-state index in [9.17, 15) is 45.6 Å². The Labute approximate surface area is 189 Å². The average molecular weight is 438 g/mol. The molecule has 0 aromatic carbocycles. The van der Waals surface area contributed by atoms with Crippen LogP contribution in [0.2, 0.25) is 0 Å². The van der Waals surface area contributed by atoms with Gasteiger partial charge >= 0.3 is 35.5 Å². The van der Waals surface area contributed by atoms with Crippen molar-refractivity contribution < 1.29 is 95.6 Å². The molecule has 0 saturated carbocycles. The summed E-state index contributed by atoms with van der Waals surface area (Å²) in [5.41, 5.74) is 0. The second kappa shape index (κ2) is 11.6. The standard InChI is InChI=1S/C15H26O13.Na.H/c1-4(18)13(23)27-12-8(20)7(19)5(2-16)26-15(12)28-11-6(3-17)25-14(24)10(22)9(11)21;;/h4-12,14-22,24H,2-3H2,1H3;;/q;+1;-1/t4?,5-,6-,7+,8+,9-,10-,11-,12-,14-,15+;;/m1../s1. The van der Waals surface area contributed by atoms with Crippen LogP contribution in [-0.2, 0) is 23.7 Å². The molecule has 0 spiro atoms. The van der Waals surface area contributed by atoms with Crippen LogP contribution >= 0.6 is 0 Å². The normalized spacial score (nSPS) is 43.9. The molecule has 0 aromatic rings. The first kappa shape index (κ1) is 27.1. The molecule has 2 rings (SSSR count). The summed E-state index contributed by atoms with van der Waals surface area (Å²) in [7, 11) is 0. The van der Waals surface area contributed by atoms with Crippen LogP contribution in [0.3, 0.4) is 0 Å². The van der Waals surface area contributed by atoms with Crippen LogP contribution in [0, 0.1) is 0 Å². The Kier molecular flexibility index (Phi) is 10.8. The summed E-state index contributed by atoms with van der Waals surface area (Å²) < 4.78 is 20.6. The van der Waals surface area contributed by atoms with Gasteiger partial charge in [-0.3, -0.25) is 0 Å². The predicted octanol–water partition coefficient (Wildman–Crippen LogP) is -8.35. The second-order valence-electron chi connectivity index (χ2n) is 6.61. The van der Waals surface area contributed by atoms with Gasteiger partial charge < -0.3 is 61.2 Å². The Morgan fingerprint density at radius 2 is 1.48 bits per heavy atom. The van der Waals surface area contributed by atoms with Crippen molar-refractivity contribution >= 4 is 5.97 Å². The zero-order valence-corrected chi connectivity index (χ0v) is 17.9. The molecule has 29 heavy (non-hydrogen) atoms. The van der Waals surface area contributed by atoms with E-state index in [1.165, 1.54) is 0 Å². The van der Waals surface area contributed by atoms with Crippen molar-refractivity contribution in [2.24, 2.45) is 0 Å². The molecule has 2 fully saturated rings. The van der Waals surface area contributed by atoms with Crippen molar-refractivity contribution in [2.75, 3.05) is 13.2 Å². The Morgan fingerprint density at radius 1 is 0.931 bits per heavy atom. The van der Waals surface area contributed by atoms with Crippen molar-refractivity contribution in [1.82, 2.24) is 0 Å². The molecule has 0 amide bonds. The van der Waals surface area contributed by atoms with Gasteiger partial charge in [0.15, 0.2) is 18.7 Å². The van der Waals surface area contributed by atoms with E-state index in [4.69, 9.17) is 18.9 Å². The first-order chi connectivity index (χ1) is 13.1. The first-order valence-electron chi connectivity index (χ1n) is 8.59. The van der Waals surface area contributed by atoms with Crippen LogP contribution in [0.5, 0.6) is 0 Å². The number of aliphatic hydroxyl groups excluding tert-OH is 8. The molecule has 2 heterocycles. The fourth-order valence-electron chi connectivity index (χ4n) is 2.91. The van der Waals surface area contributed by atoms with Crippen molar-refractivity contribution in [3.8, 4) is 0 Å². The SMILES string of the molecule is CC(O)C(=O)O[C@H]1[C@H](O[C@H]2[C@H](O)[C@@H](O)[C@H](O)O[C@@H]2CO)O[C@H](CO)[C@H](O)[C@@H]1O.[H-].[Na+]. The predicted molar refractivity (Wildman–Crippen MR) is 85.3 cm³/mol. The fraction of sp³-hybridized carbons (Fsp3) is 0.933. The third-order valence-electron chi connectivity index (χ3n) is 4.55. The quantitative estimate of drug-likeness (QED) is 0.143. The van der Waals surface area contributed by atoms with Crippen molar-refractivity contribution in [1.29, 1.82) is 0 Å². The number of ether oxygens (including phenoxy) is 4. The third-order valence-corrected chi connectivity index (χ3v) is 4.55. The molecular weight excluding hydrogens is 411 g/mol. The summed E-state index contributed by atoms with van der Waals surface area (Å²) in [5.74, 6) is -1.18. The maximum atomic E-state index is 11.7. The van der Waals surface area contributed by atoms with Crippen molar-refractivity contribution in [3.63, 3.8) is 0 Å². The summed E-state index contributed by atoms with van der Waals surface area (Å²) in [6, 6.07) is 0. The summed E-state index contributed by atoms with van der Waals surface area (Å²) in [5, 5.41) is 77.6. The molecular formula is C15H27NaO13. The smallest absolute Gasteiger partial charge is 1.00 e. The van der Waals surface area contributed by atoms with Crippen LogP contribution in [0.15, 0.2) is 0 Å². The minimum Gasteiger partial charge on any atom is -1.00 e. The molecule has 14 heteroatoms. The molecule has 2 aliphatic rings. The van der Waals surface area contributed by atoms with Crippen LogP contribution < -0.4 is 29.6 Å². The zero-order valence-electron chi connectivity index (χ0n) is 16.9. The van der Waals surface area contributed by atoms with Crippen LogP contribution in [-0.4, -0.2) is 128 Å². The van der Waals surface area contributed by atoms with E-state index in [0.29, 0.717) is 0 Å². The van der Waals surface area contributed by atoms with E-state index in [-0.39, 0.29) is 31.0 Å². The summed E-state index contributed by atoms with van der Waals surface area (Å²) in [6.45, 7) is -0.395. The number of carbonyl (C=O) groups is 1. The molecule has 0 bridgehead atoms. The molecule has 0 aliphatic carbocycles.